The fraction of sp³-hybridized carbons (Fsp3) is 0. The van der Waals surface area contributed by atoms with Crippen LogP contribution in [0.5, 0.6) is 0 Å². The lowest BCUT2D eigenvalue weighted by Crippen LogP contribution is -2.17. The molecule has 0 unspecified atom stereocenters. The summed E-state index contributed by atoms with van der Waals surface area (Å²) in [5, 5.41) is 7.30. The van der Waals surface area contributed by atoms with Crippen LogP contribution in [0.3, 0.4) is 0 Å². The topological polar surface area (TPSA) is 63.0 Å². The highest BCUT2D eigenvalue weighted by atomic mass is 16.1. The molecule has 0 amide bonds. The highest BCUT2D eigenvalue weighted by Gasteiger charge is 2.04. The lowest BCUT2D eigenvalue weighted by Gasteiger charge is -1.96. The van der Waals surface area contributed by atoms with Gasteiger partial charge >= 0.3 is 5.69 Å². The van der Waals surface area contributed by atoms with Gasteiger partial charge in [0.15, 0.2) is 0 Å². The normalized spacial score (nSPS) is 11.1. The molecule has 0 saturated heterocycles. The maximum Gasteiger partial charge on any atom is 0.368 e. The van der Waals surface area contributed by atoms with Gasteiger partial charge in [-0.3, -0.25) is 0 Å². The molecule has 0 fully saturated rings. The molecule has 5 nitrogen and oxygen atoms in total. The number of nitrogens with zero attached hydrogens (tertiary/aromatic N) is 3. The minimum Gasteiger partial charge on any atom is -0.244 e. The highest BCUT2D eigenvalue weighted by molar-refractivity contribution is 5.92. The molecule has 0 aliphatic heterocycles. The average Bonchev–Trinajstić information content (AvgIpc) is 2.67. The maximum atomic E-state index is 11.4. The number of hydrogen-bond donors (Lipinski definition) is 1. The molecule has 0 saturated carbocycles. The van der Waals surface area contributed by atoms with E-state index in [1.54, 1.807) is 6.20 Å². The second-order valence-electron chi connectivity index (χ2n) is 2.99. The van der Waals surface area contributed by atoms with E-state index in [4.69, 9.17) is 0 Å². The molecule has 0 radical (unpaired) electrons. The number of rotatable bonds is 0. The Morgan fingerprint density at radius 2 is 2.14 bits per heavy atom. The molecular weight excluding hydrogens is 180 g/mol. The largest absolute Gasteiger partial charge is 0.368 e. The number of H-pyrrole nitrogens is 1. The van der Waals surface area contributed by atoms with E-state index >= 15 is 0 Å². The second kappa shape index (κ2) is 2.41. The standard InChI is InChI=1S/C9H6N4O/c14-9-11-7-4-2-1-3-6(7)8-5-10-12-13(8)9/h1-5,12H. The van der Waals surface area contributed by atoms with E-state index in [1.807, 2.05) is 24.3 Å². The zero-order chi connectivity index (χ0) is 9.54. The molecule has 0 spiro atoms. The fourth-order valence-corrected chi connectivity index (χ4v) is 1.54. The van der Waals surface area contributed by atoms with Crippen molar-refractivity contribution in [1.82, 2.24) is 19.8 Å². The van der Waals surface area contributed by atoms with Crippen LogP contribution in [0.2, 0.25) is 0 Å². The Morgan fingerprint density at radius 3 is 3.07 bits per heavy atom. The molecule has 1 N–H and O–H groups in total. The first-order valence-electron chi connectivity index (χ1n) is 4.17. The monoisotopic (exact) mass is 186 g/mol. The van der Waals surface area contributed by atoms with Crippen LogP contribution < -0.4 is 5.69 Å². The number of aromatic amines is 1. The summed E-state index contributed by atoms with van der Waals surface area (Å²) in [5.41, 5.74) is 1.11. The maximum absolute atomic E-state index is 11.4. The number of fused-ring (bicyclic) bond motifs is 3. The van der Waals surface area contributed by atoms with Gasteiger partial charge in [0, 0.05) is 5.39 Å². The van der Waals surface area contributed by atoms with Crippen molar-refractivity contribution in [3.8, 4) is 0 Å². The summed E-state index contributed by atoms with van der Waals surface area (Å²) < 4.78 is 1.32. The summed E-state index contributed by atoms with van der Waals surface area (Å²) in [7, 11) is 0. The van der Waals surface area contributed by atoms with Crippen molar-refractivity contribution in [1.29, 1.82) is 0 Å². The molecule has 2 heterocycles. The zero-order valence-corrected chi connectivity index (χ0v) is 7.14. The predicted octanol–water partition coefficient (Wildman–Crippen LogP) is 0.571. The quantitative estimate of drug-likeness (QED) is 0.558. The smallest absolute Gasteiger partial charge is 0.244 e. The molecule has 14 heavy (non-hydrogen) atoms. The number of aromatic nitrogens is 4. The van der Waals surface area contributed by atoms with Crippen molar-refractivity contribution in [2.75, 3.05) is 0 Å². The second-order valence-corrected chi connectivity index (χ2v) is 2.99. The van der Waals surface area contributed by atoms with Crippen molar-refractivity contribution in [2.24, 2.45) is 0 Å². The third kappa shape index (κ3) is 0.806. The fourth-order valence-electron chi connectivity index (χ4n) is 1.54. The molecular formula is C9H6N4O. The Hall–Kier alpha value is -2.17. The van der Waals surface area contributed by atoms with Crippen LogP contribution in [0.15, 0.2) is 35.3 Å². The van der Waals surface area contributed by atoms with E-state index in [2.05, 4.69) is 15.3 Å². The highest BCUT2D eigenvalue weighted by Crippen LogP contribution is 2.13. The Bertz CT molecular complexity index is 667. The molecule has 68 valence electrons. The average molecular weight is 186 g/mol. The van der Waals surface area contributed by atoms with Crippen molar-refractivity contribution < 1.29 is 0 Å². The van der Waals surface area contributed by atoms with Crippen molar-refractivity contribution in [3.63, 3.8) is 0 Å². The first-order valence-corrected chi connectivity index (χ1v) is 4.17. The van der Waals surface area contributed by atoms with Crippen LogP contribution >= 0.6 is 0 Å². The van der Waals surface area contributed by atoms with Gasteiger partial charge in [0.25, 0.3) is 0 Å². The molecule has 0 aliphatic rings. The summed E-state index contributed by atoms with van der Waals surface area (Å²) in [5.74, 6) is 0. The summed E-state index contributed by atoms with van der Waals surface area (Å²) in [6.45, 7) is 0. The van der Waals surface area contributed by atoms with Gasteiger partial charge in [0.1, 0.15) is 0 Å². The lowest BCUT2D eigenvalue weighted by molar-refractivity contribution is 0.806. The van der Waals surface area contributed by atoms with Crippen LogP contribution in [0, 0.1) is 0 Å². The first kappa shape index (κ1) is 7.25. The number of benzene rings is 1. The Morgan fingerprint density at radius 1 is 1.29 bits per heavy atom. The van der Waals surface area contributed by atoms with E-state index in [0.717, 1.165) is 10.9 Å². The van der Waals surface area contributed by atoms with Gasteiger partial charge < -0.3 is 0 Å². The van der Waals surface area contributed by atoms with Gasteiger partial charge in [-0.2, -0.15) is 14.6 Å². The molecule has 0 aliphatic carbocycles. The summed E-state index contributed by atoms with van der Waals surface area (Å²) in [6.07, 6.45) is 1.62. The molecule has 2 aromatic heterocycles. The Balaban J connectivity index is 2.73. The van der Waals surface area contributed by atoms with Crippen LogP contribution in [0.4, 0.5) is 0 Å². The van der Waals surface area contributed by atoms with Gasteiger partial charge in [-0.1, -0.05) is 18.2 Å². The van der Waals surface area contributed by atoms with Crippen molar-refractivity contribution in [2.45, 2.75) is 0 Å². The number of nitrogens with one attached hydrogen (secondary N) is 1. The SMILES string of the molecule is O=c1nc2ccccc2c2cn[nH]n12. The number of hydrogen-bond acceptors (Lipinski definition) is 3. The third-order valence-electron chi connectivity index (χ3n) is 2.17. The zero-order valence-electron chi connectivity index (χ0n) is 7.14. The molecule has 5 heteroatoms. The molecule has 0 atom stereocenters. The number of para-hydroxylation sites is 1. The van der Waals surface area contributed by atoms with Crippen LogP contribution in [-0.4, -0.2) is 19.8 Å². The Labute approximate surface area is 78.0 Å². The van der Waals surface area contributed by atoms with Gasteiger partial charge in [-0.15, -0.1) is 0 Å². The van der Waals surface area contributed by atoms with Gasteiger partial charge in [-0.25, -0.2) is 10.0 Å². The minimum absolute atomic E-state index is 0.337. The molecule has 0 bridgehead atoms. The van der Waals surface area contributed by atoms with E-state index < -0.39 is 0 Å². The molecule has 3 rings (SSSR count). The van der Waals surface area contributed by atoms with Gasteiger partial charge in [0.05, 0.1) is 17.2 Å². The Kier molecular flexibility index (Phi) is 1.25. The van der Waals surface area contributed by atoms with E-state index in [1.165, 1.54) is 4.52 Å². The lowest BCUT2D eigenvalue weighted by atomic mass is 10.2. The van der Waals surface area contributed by atoms with Crippen LogP contribution in [0.25, 0.3) is 16.4 Å². The molecule has 1 aromatic carbocycles. The van der Waals surface area contributed by atoms with Gasteiger partial charge in [-0.05, 0) is 6.07 Å². The van der Waals surface area contributed by atoms with E-state index in [9.17, 15) is 4.79 Å². The van der Waals surface area contributed by atoms with E-state index in [0.29, 0.717) is 5.52 Å². The minimum atomic E-state index is -0.337. The van der Waals surface area contributed by atoms with E-state index in [-0.39, 0.29) is 5.69 Å². The first-order chi connectivity index (χ1) is 6.86. The summed E-state index contributed by atoms with van der Waals surface area (Å²) in [6, 6.07) is 7.48. The summed E-state index contributed by atoms with van der Waals surface area (Å²) >= 11 is 0. The molecule has 3 aromatic rings. The van der Waals surface area contributed by atoms with Gasteiger partial charge in [0.2, 0.25) is 0 Å². The van der Waals surface area contributed by atoms with Crippen molar-refractivity contribution >= 4 is 16.4 Å². The van der Waals surface area contributed by atoms with Crippen LogP contribution in [-0.2, 0) is 0 Å². The van der Waals surface area contributed by atoms with Crippen LogP contribution in [0.1, 0.15) is 0 Å². The predicted molar refractivity (Wildman–Crippen MR) is 51.1 cm³/mol. The summed E-state index contributed by atoms with van der Waals surface area (Å²) in [4.78, 5) is 15.3. The third-order valence-corrected chi connectivity index (χ3v) is 2.17. The van der Waals surface area contributed by atoms with Crippen molar-refractivity contribution in [3.05, 3.63) is 40.9 Å².